The zero-order valence-electron chi connectivity index (χ0n) is 17.0. The lowest BCUT2D eigenvalue weighted by Gasteiger charge is -2.30. The Balaban J connectivity index is 1.88. The van der Waals surface area contributed by atoms with Gasteiger partial charge in [0.15, 0.2) is 6.61 Å². The van der Waals surface area contributed by atoms with E-state index in [-0.39, 0.29) is 35.9 Å². The van der Waals surface area contributed by atoms with Crippen LogP contribution >= 0.6 is 0 Å². The summed E-state index contributed by atoms with van der Waals surface area (Å²) in [4.78, 5) is 26.2. The fourth-order valence-electron chi connectivity index (χ4n) is 3.51. The van der Waals surface area contributed by atoms with Crippen LogP contribution < -0.4 is 15.0 Å². The first kappa shape index (κ1) is 21.6. The highest BCUT2D eigenvalue weighted by Gasteiger charge is 2.31. The van der Waals surface area contributed by atoms with E-state index in [4.69, 9.17) is 4.74 Å². The van der Waals surface area contributed by atoms with Crippen LogP contribution in [0.4, 0.5) is 5.69 Å². The van der Waals surface area contributed by atoms with Gasteiger partial charge in [-0.15, -0.1) is 0 Å². The Morgan fingerprint density at radius 2 is 1.90 bits per heavy atom. The van der Waals surface area contributed by atoms with Crippen molar-refractivity contribution in [1.29, 1.82) is 0 Å². The lowest BCUT2D eigenvalue weighted by atomic mass is 10.2. The topological polar surface area (TPSA) is 96.0 Å². The van der Waals surface area contributed by atoms with Gasteiger partial charge in [0.2, 0.25) is 15.9 Å². The first-order chi connectivity index (χ1) is 13.8. The highest BCUT2D eigenvalue weighted by Crippen LogP contribution is 2.35. The van der Waals surface area contributed by atoms with E-state index in [1.54, 1.807) is 6.07 Å². The van der Waals surface area contributed by atoms with E-state index in [9.17, 15) is 18.0 Å². The molecule has 2 heterocycles. The summed E-state index contributed by atoms with van der Waals surface area (Å²) in [5.41, 5.74) is 0.316. The molecule has 3 rings (SSSR count). The summed E-state index contributed by atoms with van der Waals surface area (Å²) < 4.78 is 33.2. The molecule has 0 spiro atoms. The van der Waals surface area contributed by atoms with Crippen molar-refractivity contribution in [3.63, 3.8) is 0 Å². The number of carbonyl (C=O) groups is 2. The van der Waals surface area contributed by atoms with Crippen molar-refractivity contribution < 1.29 is 22.7 Å². The molecule has 8 nitrogen and oxygen atoms in total. The first-order valence-electron chi connectivity index (χ1n) is 10.2. The lowest BCUT2D eigenvalue weighted by molar-refractivity contribution is -0.125. The van der Waals surface area contributed by atoms with Crippen LogP contribution in [0.5, 0.6) is 5.75 Å². The van der Waals surface area contributed by atoms with Crippen LogP contribution in [0.15, 0.2) is 23.1 Å². The minimum Gasteiger partial charge on any atom is -0.482 e. The molecular weight excluding hydrogens is 394 g/mol. The Morgan fingerprint density at radius 3 is 2.55 bits per heavy atom. The van der Waals surface area contributed by atoms with Gasteiger partial charge in [0, 0.05) is 19.1 Å². The molecule has 9 heteroatoms. The van der Waals surface area contributed by atoms with Gasteiger partial charge in [-0.05, 0) is 44.4 Å². The van der Waals surface area contributed by atoms with Crippen LogP contribution in [0.25, 0.3) is 0 Å². The fourth-order valence-corrected chi connectivity index (χ4v) is 5.05. The number of fused-ring (bicyclic) bond motifs is 1. The summed E-state index contributed by atoms with van der Waals surface area (Å²) in [6, 6.07) is 4.51. The zero-order valence-corrected chi connectivity index (χ0v) is 17.8. The van der Waals surface area contributed by atoms with Crippen LogP contribution in [-0.4, -0.2) is 56.8 Å². The molecule has 0 bridgehead atoms. The second-order valence-electron chi connectivity index (χ2n) is 7.59. The molecule has 0 aromatic heterocycles. The standard InChI is InChI=1S/C20H29N3O5S/c1-3-15(2)21-19(24)13-23-17-12-16(8-9-18(17)28-14-20(23)25)29(26,27)22-10-6-4-5-7-11-22/h8-9,12,15H,3-7,10-11,13-14H2,1-2H3,(H,21,24)/t15-/m0/s1. The summed E-state index contributed by atoms with van der Waals surface area (Å²) in [6.07, 6.45) is 4.51. The van der Waals surface area contributed by atoms with E-state index in [1.165, 1.54) is 21.3 Å². The van der Waals surface area contributed by atoms with E-state index in [0.717, 1.165) is 32.1 Å². The molecule has 0 radical (unpaired) electrons. The van der Waals surface area contributed by atoms with Gasteiger partial charge in [0.1, 0.15) is 12.3 Å². The molecule has 2 aliphatic heterocycles. The summed E-state index contributed by atoms with van der Waals surface area (Å²) >= 11 is 0. The van der Waals surface area contributed by atoms with Gasteiger partial charge in [-0.2, -0.15) is 4.31 Å². The normalized spacial score (nSPS) is 19.1. The molecule has 1 fully saturated rings. The van der Waals surface area contributed by atoms with E-state index in [2.05, 4.69) is 5.32 Å². The Morgan fingerprint density at radius 1 is 1.21 bits per heavy atom. The summed E-state index contributed by atoms with van der Waals surface area (Å²) in [7, 11) is -3.67. The van der Waals surface area contributed by atoms with Gasteiger partial charge in [-0.25, -0.2) is 8.42 Å². The van der Waals surface area contributed by atoms with Crippen molar-refractivity contribution in [2.75, 3.05) is 31.1 Å². The smallest absolute Gasteiger partial charge is 0.265 e. The van der Waals surface area contributed by atoms with Crippen molar-refractivity contribution in [1.82, 2.24) is 9.62 Å². The van der Waals surface area contributed by atoms with E-state index in [1.807, 2.05) is 13.8 Å². The molecular formula is C20H29N3O5S. The molecule has 160 valence electrons. The molecule has 1 aromatic rings. The third-order valence-corrected chi connectivity index (χ3v) is 7.29. The minimum absolute atomic E-state index is 0.00661. The Labute approximate surface area is 172 Å². The molecule has 1 atom stereocenters. The molecule has 1 saturated heterocycles. The predicted molar refractivity (Wildman–Crippen MR) is 109 cm³/mol. The average molecular weight is 424 g/mol. The number of ether oxygens (including phenoxy) is 1. The number of hydrogen-bond acceptors (Lipinski definition) is 5. The number of nitrogens with zero attached hydrogens (tertiary/aromatic N) is 2. The van der Waals surface area contributed by atoms with Crippen molar-refractivity contribution in [2.24, 2.45) is 0 Å². The predicted octanol–water partition coefficient (Wildman–Crippen LogP) is 1.89. The number of sulfonamides is 1. The molecule has 2 amide bonds. The van der Waals surface area contributed by atoms with Crippen molar-refractivity contribution in [3.05, 3.63) is 18.2 Å². The summed E-state index contributed by atoms with van der Waals surface area (Å²) in [5.74, 6) is -0.266. The number of hydrogen-bond donors (Lipinski definition) is 1. The molecule has 0 aliphatic carbocycles. The Kier molecular flexibility index (Phi) is 6.79. The summed E-state index contributed by atoms with van der Waals surface area (Å²) in [5, 5.41) is 2.83. The third-order valence-electron chi connectivity index (χ3n) is 5.40. The molecule has 0 unspecified atom stereocenters. The quantitative estimate of drug-likeness (QED) is 0.754. The molecule has 0 saturated carbocycles. The van der Waals surface area contributed by atoms with Gasteiger partial charge in [-0.3, -0.25) is 14.5 Å². The van der Waals surface area contributed by atoms with Crippen LogP contribution in [0.3, 0.4) is 0 Å². The zero-order chi connectivity index (χ0) is 21.0. The van der Waals surface area contributed by atoms with Gasteiger partial charge >= 0.3 is 0 Å². The summed E-state index contributed by atoms with van der Waals surface area (Å²) in [6.45, 7) is 4.49. The van der Waals surface area contributed by atoms with E-state index >= 15 is 0 Å². The van der Waals surface area contributed by atoms with Crippen molar-refractivity contribution >= 4 is 27.5 Å². The number of amides is 2. The SMILES string of the molecule is CC[C@H](C)NC(=O)CN1C(=O)COc2ccc(S(=O)(=O)N3CCCCCC3)cc21. The Hall–Kier alpha value is -2.13. The number of rotatable bonds is 6. The van der Waals surface area contributed by atoms with Crippen LogP contribution in [0.1, 0.15) is 46.0 Å². The van der Waals surface area contributed by atoms with Crippen LogP contribution in [0.2, 0.25) is 0 Å². The highest BCUT2D eigenvalue weighted by molar-refractivity contribution is 7.89. The number of carbonyl (C=O) groups excluding carboxylic acids is 2. The van der Waals surface area contributed by atoms with Gasteiger partial charge in [-0.1, -0.05) is 19.8 Å². The van der Waals surface area contributed by atoms with E-state index in [0.29, 0.717) is 24.5 Å². The maximum Gasteiger partial charge on any atom is 0.265 e. The molecule has 29 heavy (non-hydrogen) atoms. The Bertz CT molecular complexity index is 863. The molecule has 2 aliphatic rings. The van der Waals surface area contributed by atoms with Crippen LogP contribution in [0, 0.1) is 0 Å². The second kappa shape index (κ2) is 9.13. The largest absolute Gasteiger partial charge is 0.482 e. The van der Waals surface area contributed by atoms with E-state index < -0.39 is 10.0 Å². The average Bonchev–Trinajstić information content (AvgIpc) is 2.99. The first-order valence-corrected chi connectivity index (χ1v) is 11.6. The minimum atomic E-state index is -3.67. The lowest BCUT2D eigenvalue weighted by Crippen LogP contribution is -2.46. The monoisotopic (exact) mass is 423 g/mol. The molecule has 1 N–H and O–H groups in total. The molecule has 1 aromatic carbocycles. The second-order valence-corrected chi connectivity index (χ2v) is 9.53. The van der Waals surface area contributed by atoms with Gasteiger partial charge in [0.25, 0.3) is 5.91 Å². The van der Waals surface area contributed by atoms with Gasteiger partial charge < -0.3 is 10.1 Å². The number of anilines is 1. The maximum absolute atomic E-state index is 13.1. The van der Waals surface area contributed by atoms with Gasteiger partial charge in [0.05, 0.1) is 10.6 Å². The fraction of sp³-hybridized carbons (Fsp3) is 0.600. The van der Waals surface area contributed by atoms with Crippen molar-refractivity contribution in [3.8, 4) is 5.75 Å². The number of nitrogens with one attached hydrogen (secondary N) is 1. The maximum atomic E-state index is 13.1. The van der Waals surface area contributed by atoms with Crippen molar-refractivity contribution in [2.45, 2.75) is 56.9 Å². The number of benzene rings is 1. The third kappa shape index (κ3) is 4.90. The highest BCUT2D eigenvalue weighted by atomic mass is 32.2. The van der Waals surface area contributed by atoms with Crippen LogP contribution in [-0.2, 0) is 19.6 Å².